The Morgan fingerprint density at radius 2 is 1.95 bits per heavy atom. The highest BCUT2D eigenvalue weighted by Gasteiger charge is 2.13. The first-order chi connectivity index (χ1) is 9.60. The maximum atomic E-state index is 12.2. The molecule has 1 heterocycles. The van der Waals surface area contributed by atoms with E-state index in [1.807, 2.05) is 26.0 Å². The number of nitrogens with one attached hydrogen (secondary N) is 1. The van der Waals surface area contributed by atoms with Gasteiger partial charge in [-0.25, -0.2) is 4.98 Å². The Morgan fingerprint density at radius 1 is 1.25 bits per heavy atom. The zero-order valence-electron chi connectivity index (χ0n) is 12.2. The summed E-state index contributed by atoms with van der Waals surface area (Å²) in [6.07, 6.45) is 3.49. The molecule has 2 aromatic rings. The first-order valence-electron chi connectivity index (χ1n) is 6.94. The van der Waals surface area contributed by atoms with Crippen LogP contribution >= 0.6 is 11.3 Å². The van der Waals surface area contributed by atoms with Gasteiger partial charge in [0.2, 0.25) is 0 Å². The standard InChI is InChI=1S/C16H20N2OS/c1-4-5-6-13-7-9-14(10-8-13)18-16(19)15-11(2)17-12(3)20-15/h7-10H,4-6H2,1-3H3,(H,18,19). The molecule has 0 saturated heterocycles. The molecule has 0 fully saturated rings. The van der Waals surface area contributed by atoms with E-state index in [0.29, 0.717) is 4.88 Å². The van der Waals surface area contributed by atoms with Crippen LogP contribution in [0, 0.1) is 13.8 Å². The Bertz CT molecular complexity index is 587. The van der Waals surface area contributed by atoms with Crippen molar-refractivity contribution in [1.82, 2.24) is 4.98 Å². The molecule has 4 heteroatoms. The summed E-state index contributed by atoms with van der Waals surface area (Å²) in [5.74, 6) is -0.0746. The highest BCUT2D eigenvalue weighted by Crippen LogP contribution is 2.19. The van der Waals surface area contributed by atoms with Crippen LogP contribution in [0.3, 0.4) is 0 Å². The van der Waals surface area contributed by atoms with Crippen LogP contribution in [0.5, 0.6) is 0 Å². The molecule has 1 aromatic heterocycles. The van der Waals surface area contributed by atoms with Gasteiger partial charge in [0.25, 0.3) is 5.91 Å². The predicted molar refractivity (Wildman–Crippen MR) is 84.6 cm³/mol. The minimum Gasteiger partial charge on any atom is -0.321 e. The van der Waals surface area contributed by atoms with Crippen molar-refractivity contribution in [3.63, 3.8) is 0 Å². The van der Waals surface area contributed by atoms with Crippen molar-refractivity contribution in [2.45, 2.75) is 40.0 Å². The highest BCUT2D eigenvalue weighted by molar-refractivity contribution is 7.13. The number of benzene rings is 1. The molecule has 0 aliphatic rings. The van der Waals surface area contributed by atoms with Gasteiger partial charge in [-0.1, -0.05) is 25.5 Å². The second-order valence-electron chi connectivity index (χ2n) is 4.90. The molecular weight excluding hydrogens is 268 g/mol. The van der Waals surface area contributed by atoms with Crippen LogP contribution < -0.4 is 5.32 Å². The second-order valence-corrected chi connectivity index (χ2v) is 6.11. The summed E-state index contributed by atoms with van der Waals surface area (Å²) < 4.78 is 0. The van der Waals surface area contributed by atoms with E-state index in [9.17, 15) is 4.79 Å². The van der Waals surface area contributed by atoms with Crippen LogP contribution in [0.25, 0.3) is 0 Å². The SMILES string of the molecule is CCCCc1ccc(NC(=O)c2sc(C)nc2C)cc1. The topological polar surface area (TPSA) is 42.0 Å². The smallest absolute Gasteiger partial charge is 0.267 e. The van der Waals surface area contributed by atoms with Gasteiger partial charge in [-0.2, -0.15) is 0 Å². The minimum absolute atomic E-state index is 0.0746. The van der Waals surface area contributed by atoms with Crippen LogP contribution in [0.4, 0.5) is 5.69 Å². The Balaban J connectivity index is 2.02. The van der Waals surface area contributed by atoms with Gasteiger partial charge >= 0.3 is 0 Å². The van der Waals surface area contributed by atoms with E-state index in [1.54, 1.807) is 0 Å². The lowest BCUT2D eigenvalue weighted by Gasteiger charge is -2.05. The third kappa shape index (κ3) is 3.67. The fraction of sp³-hybridized carbons (Fsp3) is 0.375. The molecule has 0 aliphatic heterocycles. The molecule has 0 spiro atoms. The minimum atomic E-state index is -0.0746. The van der Waals surface area contributed by atoms with Crippen molar-refractivity contribution in [2.75, 3.05) is 5.32 Å². The van der Waals surface area contributed by atoms with E-state index in [0.717, 1.165) is 22.8 Å². The predicted octanol–water partition coefficient (Wildman–Crippen LogP) is 4.35. The molecule has 0 atom stereocenters. The molecule has 0 bridgehead atoms. The van der Waals surface area contributed by atoms with E-state index >= 15 is 0 Å². The largest absolute Gasteiger partial charge is 0.321 e. The number of hydrogen-bond donors (Lipinski definition) is 1. The molecule has 0 radical (unpaired) electrons. The number of unbranched alkanes of at least 4 members (excludes halogenated alkanes) is 1. The molecule has 106 valence electrons. The molecule has 0 unspecified atom stereocenters. The average molecular weight is 288 g/mol. The number of amides is 1. The third-order valence-corrected chi connectivity index (χ3v) is 4.21. The van der Waals surface area contributed by atoms with Crippen LogP contribution in [0.15, 0.2) is 24.3 Å². The summed E-state index contributed by atoms with van der Waals surface area (Å²) in [6, 6.07) is 8.09. The summed E-state index contributed by atoms with van der Waals surface area (Å²) in [5, 5.41) is 3.85. The zero-order valence-corrected chi connectivity index (χ0v) is 13.0. The average Bonchev–Trinajstić information content (AvgIpc) is 2.77. The van der Waals surface area contributed by atoms with Gasteiger partial charge < -0.3 is 5.32 Å². The van der Waals surface area contributed by atoms with Crippen molar-refractivity contribution in [1.29, 1.82) is 0 Å². The number of anilines is 1. The van der Waals surface area contributed by atoms with Gasteiger partial charge in [-0.3, -0.25) is 4.79 Å². The molecule has 1 aromatic carbocycles. The Kier molecular flexibility index (Phi) is 4.90. The maximum Gasteiger partial charge on any atom is 0.267 e. The molecule has 20 heavy (non-hydrogen) atoms. The van der Waals surface area contributed by atoms with Gasteiger partial charge in [0.05, 0.1) is 10.7 Å². The molecule has 1 N–H and O–H groups in total. The lowest BCUT2D eigenvalue weighted by atomic mass is 10.1. The fourth-order valence-electron chi connectivity index (χ4n) is 2.07. The van der Waals surface area contributed by atoms with Gasteiger partial charge in [0.1, 0.15) is 4.88 Å². The van der Waals surface area contributed by atoms with E-state index < -0.39 is 0 Å². The van der Waals surface area contributed by atoms with Gasteiger partial charge in [0, 0.05) is 5.69 Å². The highest BCUT2D eigenvalue weighted by atomic mass is 32.1. The van der Waals surface area contributed by atoms with Crippen molar-refractivity contribution < 1.29 is 4.79 Å². The normalized spacial score (nSPS) is 10.6. The summed E-state index contributed by atoms with van der Waals surface area (Å²) in [4.78, 5) is 17.1. The Labute approximate surface area is 124 Å². The number of carbonyl (C=O) groups excluding carboxylic acids is 1. The summed E-state index contributed by atoms with van der Waals surface area (Å²) in [7, 11) is 0. The number of rotatable bonds is 5. The van der Waals surface area contributed by atoms with E-state index in [2.05, 4.69) is 29.4 Å². The molecule has 2 rings (SSSR count). The van der Waals surface area contributed by atoms with Crippen molar-refractivity contribution in [3.05, 3.63) is 45.4 Å². The van der Waals surface area contributed by atoms with Crippen molar-refractivity contribution in [3.8, 4) is 0 Å². The van der Waals surface area contributed by atoms with Crippen molar-refractivity contribution >= 4 is 22.9 Å². The van der Waals surface area contributed by atoms with E-state index in [-0.39, 0.29) is 5.91 Å². The van der Waals surface area contributed by atoms with Crippen molar-refractivity contribution in [2.24, 2.45) is 0 Å². The molecule has 1 amide bonds. The Morgan fingerprint density at radius 3 is 2.50 bits per heavy atom. The lowest BCUT2D eigenvalue weighted by molar-refractivity contribution is 0.103. The first kappa shape index (κ1) is 14.7. The summed E-state index contributed by atoms with van der Waals surface area (Å²) in [5.41, 5.74) is 2.94. The quantitative estimate of drug-likeness (QED) is 0.888. The third-order valence-electron chi connectivity index (χ3n) is 3.14. The first-order valence-corrected chi connectivity index (χ1v) is 7.76. The lowest BCUT2D eigenvalue weighted by Crippen LogP contribution is -2.11. The van der Waals surface area contributed by atoms with E-state index in [1.165, 1.54) is 29.7 Å². The fourth-order valence-corrected chi connectivity index (χ4v) is 2.88. The monoisotopic (exact) mass is 288 g/mol. The van der Waals surface area contributed by atoms with Gasteiger partial charge in [-0.15, -0.1) is 11.3 Å². The number of carbonyl (C=O) groups is 1. The number of aromatic nitrogens is 1. The van der Waals surface area contributed by atoms with E-state index in [4.69, 9.17) is 0 Å². The van der Waals surface area contributed by atoms with Gasteiger partial charge in [-0.05, 0) is 44.4 Å². The van der Waals surface area contributed by atoms with Crippen LogP contribution in [0.2, 0.25) is 0 Å². The van der Waals surface area contributed by atoms with Crippen LogP contribution in [0.1, 0.15) is 45.7 Å². The molecule has 0 aliphatic carbocycles. The van der Waals surface area contributed by atoms with Crippen LogP contribution in [-0.2, 0) is 6.42 Å². The number of nitrogens with zero attached hydrogens (tertiary/aromatic N) is 1. The summed E-state index contributed by atoms with van der Waals surface area (Å²) in [6.45, 7) is 5.97. The van der Waals surface area contributed by atoms with Gasteiger partial charge in [0.15, 0.2) is 0 Å². The van der Waals surface area contributed by atoms with Crippen LogP contribution in [-0.4, -0.2) is 10.9 Å². The number of thiazole rings is 1. The number of aryl methyl sites for hydroxylation is 3. The second kappa shape index (κ2) is 6.66. The zero-order chi connectivity index (χ0) is 14.5. The molecular formula is C16H20N2OS. The Hall–Kier alpha value is -1.68. The summed E-state index contributed by atoms with van der Waals surface area (Å²) >= 11 is 1.43. The number of hydrogen-bond acceptors (Lipinski definition) is 3. The molecule has 0 saturated carbocycles. The molecule has 3 nitrogen and oxygen atoms in total. The maximum absolute atomic E-state index is 12.2.